The van der Waals surface area contributed by atoms with Crippen LogP contribution in [0.3, 0.4) is 0 Å². The maximum atomic E-state index is 5.51. The predicted molar refractivity (Wildman–Crippen MR) is 102 cm³/mol. The van der Waals surface area contributed by atoms with E-state index < -0.39 is 16.6 Å². The first-order valence-corrected chi connectivity index (χ1v) is 14.2. The van der Waals surface area contributed by atoms with Gasteiger partial charge >= 0.3 is 0 Å². The smallest absolute Gasteiger partial charge is 0.186 e. The Labute approximate surface area is 129 Å². The quantitative estimate of drug-likeness (QED) is 0.526. The third-order valence-electron chi connectivity index (χ3n) is 1.19. The molecule has 0 unspecified atom stereocenters. The molecule has 0 saturated carbocycles. The highest BCUT2D eigenvalue weighted by molar-refractivity contribution is 6.73. The van der Waals surface area contributed by atoms with Gasteiger partial charge in [-0.1, -0.05) is 36.3 Å². The fourth-order valence-corrected chi connectivity index (χ4v) is 4.60. The van der Waals surface area contributed by atoms with Crippen molar-refractivity contribution in [2.45, 2.75) is 75.5 Å². The summed E-state index contributed by atoms with van der Waals surface area (Å²) in [6.45, 7) is 15.7. The van der Waals surface area contributed by atoms with Crippen LogP contribution >= 0.6 is 0 Å². The number of hydrogen-bond donors (Lipinski definition) is 0. The van der Waals surface area contributed by atoms with Crippen molar-refractivity contribution in [3.05, 3.63) is 0 Å². The molecule has 0 aromatic heterocycles. The fraction of sp³-hybridized carbons (Fsp3) is 1.00. The standard InChI is InChI=1S/C5H14O2Si.C4H14OSi2.4CH4/c1-6-5-7-8(2,3)4;1-6-5-7(2,3)4;;;;/h5H2,1-4H3;6H2,1-4H3;4*1H4. The van der Waals surface area contributed by atoms with Gasteiger partial charge in [0, 0.05) is 7.11 Å². The zero-order valence-corrected chi connectivity index (χ0v) is 15.1. The SMILES string of the molecule is C.C.C.C.COCO[Si](C)(C)C.C[SiH2]O[Si](C)(C)C. The van der Waals surface area contributed by atoms with E-state index in [0.717, 1.165) is 0 Å². The third-order valence-corrected chi connectivity index (χ3v) is 6.79. The summed E-state index contributed by atoms with van der Waals surface area (Å²) in [6, 6.07) is 0. The van der Waals surface area contributed by atoms with Crippen LogP contribution in [0.15, 0.2) is 0 Å². The highest BCUT2D eigenvalue weighted by atomic mass is 28.4. The van der Waals surface area contributed by atoms with Gasteiger partial charge in [0.15, 0.2) is 16.6 Å². The van der Waals surface area contributed by atoms with Crippen molar-refractivity contribution in [1.29, 1.82) is 0 Å². The summed E-state index contributed by atoms with van der Waals surface area (Å²) in [5.41, 5.74) is 0. The molecule has 126 valence electrons. The average molecular weight is 333 g/mol. The molecule has 0 spiro atoms. The Kier molecular flexibility index (Phi) is 35.7. The van der Waals surface area contributed by atoms with Gasteiger partial charge in [-0.3, -0.25) is 0 Å². The molecule has 3 nitrogen and oxygen atoms in total. The molecule has 0 aliphatic carbocycles. The predicted octanol–water partition coefficient (Wildman–Crippen LogP) is 4.96. The average Bonchev–Trinajstić information content (AvgIpc) is 1.98. The number of methoxy groups -OCH3 is 1. The molecule has 0 amide bonds. The highest BCUT2D eigenvalue weighted by Crippen LogP contribution is 2.00. The minimum Gasteiger partial charge on any atom is -0.461 e. The normalized spacial score (nSPS) is 10.1. The van der Waals surface area contributed by atoms with E-state index in [1.165, 1.54) is 0 Å². The van der Waals surface area contributed by atoms with Gasteiger partial charge in [0.1, 0.15) is 16.6 Å². The lowest BCUT2D eigenvalue weighted by Gasteiger charge is -2.15. The van der Waals surface area contributed by atoms with E-state index in [4.69, 9.17) is 13.3 Å². The lowest BCUT2D eigenvalue weighted by Crippen LogP contribution is -2.26. The maximum Gasteiger partial charge on any atom is 0.186 e. The van der Waals surface area contributed by atoms with E-state index >= 15 is 0 Å². The fourth-order valence-electron chi connectivity index (χ4n) is 0.669. The molecule has 0 aromatic carbocycles. The zero-order valence-electron chi connectivity index (χ0n) is 11.6. The number of hydrogen-bond acceptors (Lipinski definition) is 3. The lowest BCUT2D eigenvalue weighted by molar-refractivity contribution is 0.0458. The first-order valence-electron chi connectivity index (χ1n) is 5.39. The van der Waals surface area contributed by atoms with Crippen LogP contribution in [-0.4, -0.2) is 40.3 Å². The van der Waals surface area contributed by atoms with Crippen LogP contribution in [0.1, 0.15) is 29.7 Å². The first-order chi connectivity index (χ1) is 6.62. The second kappa shape index (κ2) is 18.5. The van der Waals surface area contributed by atoms with Gasteiger partial charge in [0.05, 0.1) is 0 Å². The maximum absolute atomic E-state index is 5.51. The third kappa shape index (κ3) is 55.7. The molecule has 0 saturated heterocycles. The Bertz CT molecular complexity index is 143. The Balaban J connectivity index is -0.0000000369. The van der Waals surface area contributed by atoms with Crippen LogP contribution in [0, 0.1) is 0 Å². The Morgan fingerprint density at radius 1 is 0.789 bits per heavy atom. The molecule has 0 rings (SSSR count). The van der Waals surface area contributed by atoms with Crippen LogP contribution in [-0.2, 0) is 13.3 Å². The molecule has 19 heavy (non-hydrogen) atoms. The van der Waals surface area contributed by atoms with Crippen molar-refractivity contribution in [1.82, 2.24) is 0 Å². The molecule has 0 bridgehead atoms. The molecular weight excluding hydrogens is 288 g/mol. The van der Waals surface area contributed by atoms with E-state index in [9.17, 15) is 0 Å². The first kappa shape index (κ1) is 36.6. The van der Waals surface area contributed by atoms with Crippen LogP contribution in [0.5, 0.6) is 0 Å². The van der Waals surface area contributed by atoms with Gasteiger partial charge in [-0.05, 0) is 39.3 Å². The lowest BCUT2D eigenvalue weighted by atomic mass is 11.4. The van der Waals surface area contributed by atoms with Crippen molar-refractivity contribution < 1.29 is 13.3 Å². The van der Waals surface area contributed by atoms with Crippen LogP contribution in [0.2, 0.25) is 45.8 Å². The molecular formula is C13H44O3Si3. The number of rotatable bonds is 5. The summed E-state index contributed by atoms with van der Waals surface area (Å²) in [6.07, 6.45) is 0. The monoisotopic (exact) mass is 332 g/mol. The molecule has 0 heterocycles. The summed E-state index contributed by atoms with van der Waals surface area (Å²) in [5.74, 6) is 0. The molecule has 0 N–H and O–H groups in total. The Hall–Kier alpha value is 0.531. The van der Waals surface area contributed by atoms with Gasteiger partial charge < -0.3 is 13.3 Å². The second-order valence-electron chi connectivity index (χ2n) is 5.21. The van der Waals surface area contributed by atoms with Crippen LogP contribution in [0.4, 0.5) is 0 Å². The van der Waals surface area contributed by atoms with Crippen LogP contribution < -0.4 is 0 Å². The summed E-state index contributed by atoms with van der Waals surface area (Å²) in [4.78, 5) is 0. The molecule has 0 aromatic rings. The van der Waals surface area contributed by atoms with Gasteiger partial charge in [-0.15, -0.1) is 0 Å². The van der Waals surface area contributed by atoms with Gasteiger partial charge in [0.25, 0.3) is 0 Å². The van der Waals surface area contributed by atoms with Crippen LogP contribution in [0.25, 0.3) is 0 Å². The molecule has 6 heteroatoms. The summed E-state index contributed by atoms with van der Waals surface area (Å²) in [5, 5.41) is 0. The van der Waals surface area contributed by atoms with E-state index in [2.05, 4.69) is 45.8 Å². The Morgan fingerprint density at radius 2 is 1.16 bits per heavy atom. The summed E-state index contributed by atoms with van der Waals surface area (Å²) in [7, 11) is -0.888. The number of ether oxygens (including phenoxy) is 1. The van der Waals surface area contributed by atoms with E-state index in [-0.39, 0.29) is 39.5 Å². The summed E-state index contributed by atoms with van der Waals surface area (Å²) >= 11 is 0. The van der Waals surface area contributed by atoms with Crippen molar-refractivity contribution in [2.75, 3.05) is 13.9 Å². The van der Waals surface area contributed by atoms with Gasteiger partial charge in [-0.25, -0.2) is 0 Å². The van der Waals surface area contributed by atoms with Crippen molar-refractivity contribution >= 4 is 26.4 Å². The minimum atomic E-state index is -1.30. The van der Waals surface area contributed by atoms with E-state index in [0.29, 0.717) is 6.79 Å². The summed E-state index contributed by atoms with van der Waals surface area (Å²) < 4.78 is 15.5. The highest BCUT2D eigenvalue weighted by Gasteiger charge is 2.12. The van der Waals surface area contributed by atoms with Crippen molar-refractivity contribution in [3.8, 4) is 0 Å². The largest absolute Gasteiger partial charge is 0.461 e. The molecule has 0 fully saturated rings. The molecule has 0 aliphatic heterocycles. The van der Waals surface area contributed by atoms with Gasteiger partial charge in [-0.2, -0.15) is 0 Å². The van der Waals surface area contributed by atoms with E-state index in [1.807, 2.05) is 0 Å². The zero-order chi connectivity index (χ0) is 12.5. The second-order valence-corrected chi connectivity index (χ2v) is 15.7. The molecule has 0 radical (unpaired) electrons. The van der Waals surface area contributed by atoms with Gasteiger partial charge in [0.2, 0.25) is 0 Å². The minimum absolute atomic E-state index is 0. The van der Waals surface area contributed by atoms with E-state index in [1.54, 1.807) is 7.11 Å². The Morgan fingerprint density at radius 3 is 1.21 bits per heavy atom. The molecule has 0 atom stereocenters. The van der Waals surface area contributed by atoms with Crippen molar-refractivity contribution in [2.24, 2.45) is 0 Å². The topological polar surface area (TPSA) is 27.7 Å². The molecule has 0 aliphatic rings. The van der Waals surface area contributed by atoms with Crippen molar-refractivity contribution in [3.63, 3.8) is 0 Å².